The van der Waals surface area contributed by atoms with Gasteiger partial charge in [0, 0.05) is 24.7 Å². The number of aromatic nitrogens is 1. The molecule has 1 aromatic carbocycles. The van der Waals surface area contributed by atoms with Gasteiger partial charge in [-0.05, 0) is 42.2 Å². The minimum Gasteiger partial charge on any atom is -0.497 e. The zero-order valence-electron chi connectivity index (χ0n) is 13.8. The number of nitrogens with one attached hydrogen (secondary N) is 1. The van der Waals surface area contributed by atoms with Crippen LogP contribution in [0, 0.1) is 0 Å². The van der Waals surface area contributed by atoms with Gasteiger partial charge < -0.3 is 10.1 Å². The molecule has 3 rings (SSSR count). The third-order valence-corrected chi connectivity index (χ3v) is 5.02. The van der Waals surface area contributed by atoms with Crippen LogP contribution in [0.2, 0.25) is 0 Å². The predicted octanol–water partition coefficient (Wildman–Crippen LogP) is 2.41. The molecule has 136 valence electrons. The average Bonchev–Trinajstić information content (AvgIpc) is 2.59. The summed E-state index contributed by atoms with van der Waals surface area (Å²) >= 11 is 0. The second kappa shape index (κ2) is 8.14. The molecule has 1 aromatic heterocycles. The molecule has 2 N–H and O–H groups in total. The lowest BCUT2D eigenvalue weighted by molar-refractivity contribution is 0.414. The Morgan fingerprint density at radius 1 is 1.24 bits per heavy atom. The molecule has 0 amide bonds. The quantitative estimate of drug-likeness (QED) is 0.769. The van der Waals surface area contributed by atoms with Crippen LogP contribution in [0.5, 0.6) is 5.75 Å². The first-order chi connectivity index (χ1) is 11.5. The second-order valence-electron chi connectivity index (χ2n) is 5.90. The molecule has 6 nitrogen and oxygen atoms in total. The monoisotopic (exact) mass is 384 g/mol. The van der Waals surface area contributed by atoms with Crippen LogP contribution in [0.15, 0.2) is 41.4 Å². The van der Waals surface area contributed by atoms with Crippen LogP contribution in [0.1, 0.15) is 23.2 Å². The van der Waals surface area contributed by atoms with Gasteiger partial charge in [0.25, 0.3) is 0 Å². The lowest BCUT2D eigenvalue weighted by atomic mass is 9.96. The fourth-order valence-corrected chi connectivity index (χ4v) is 3.35. The van der Waals surface area contributed by atoms with Crippen molar-refractivity contribution >= 4 is 22.5 Å². The summed E-state index contributed by atoms with van der Waals surface area (Å²) < 4.78 is 36.7. The third kappa shape index (κ3) is 4.92. The molecule has 0 bridgehead atoms. The second-order valence-corrected chi connectivity index (χ2v) is 7.27. The Morgan fingerprint density at radius 2 is 1.96 bits per heavy atom. The van der Waals surface area contributed by atoms with E-state index in [1.54, 1.807) is 13.2 Å². The topological polar surface area (TPSA) is 88.5 Å². The van der Waals surface area contributed by atoms with E-state index in [9.17, 15) is 8.42 Å². The minimum absolute atomic E-state index is 0. The Labute approximate surface area is 153 Å². The highest BCUT2D eigenvalue weighted by atomic mass is 35.5. The number of fused-ring (bicyclic) bond motifs is 1. The summed E-state index contributed by atoms with van der Waals surface area (Å²) in [4.78, 5) is 4.12. The van der Waals surface area contributed by atoms with Gasteiger partial charge in [-0.2, -0.15) is 8.42 Å². The number of ether oxygens (including phenoxy) is 1. The van der Waals surface area contributed by atoms with Gasteiger partial charge in [-0.25, -0.2) is 4.98 Å². The Hall–Kier alpha value is -1.67. The van der Waals surface area contributed by atoms with Gasteiger partial charge in [-0.15, -0.1) is 12.4 Å². The van der Waals surface area contributed by atoms with Crippen molar-refractivity contribution in [2.24, 2.45) is 0 Å². The van der Waals surface area contributed by atoms with Crippen LogP contribution in [-0.2, 0) is 29.5 Å². The number of benzene rings is 1. The number of methoxy groups -OCH3 is 1. The van der Waals surface area contributed by atoms with Crippen LogP contribution in [0.3, 0.4) is 0 Å². The lowest BCUT2D eigenvalue weighted by Gasteiger charge is -2.25. The van der Waals surface area contributed by atoms with Crippen LogP contribution in [0.25, 0.3) is 0 Å². The number of rotatable bonds is 5. The summed E-state index contributed by atoms with van der Waals surface area (Å²) in [7, 11) is -2.61. The first kappa shape index (κ1) is 19.7. The predicted molar refractivity (Wildman–Crippen MR) is 96.9 cm³/mol. The molecule has 0 spiro atoms. The number of pyridine rings is 1. The Kier molecular flexibility index (Phi) is 6.40. The van der Waals surface area contributed by atoms with Gasteiger partial charge in [-0.3, -0.25) is 4.55 Å². The molecule has 8 heteroatoms. The standard InChI is InChI=1S/C17H20N2O4S.ClH/c1-23-15-7-3-12(4-8-15)2-6-14-10-16-13(11-18-14)5-9-17(19-16)24(20,21)22;/h3-5,7-9,14,18H,2,6,10-11H2,1H3,(H,20,21,22);1H. The van der Waals surface area contributed by atoms with E-state index in [0.29, 0.717) is 13.0 Å². The fraction of sp³-hybridized carbons (Fsp3) is 0.353. The van der Waals surface area contributed by atoms with Crippen molar-refractivity contribution in [2.75, 3.05) is 7.11 Å². The molecule has 0 saturated heterocycles. The Bertz CT molecular complexity index is 825. The Morgan fingerprint density at radius 3 is 2.60 bits per heavy atom. The molecule has 1 atom stereocenters. The first-order valence-electron chi connectivity index (χ1n) is 7.78. The summed E-state index contributed by atoms with van der Waals surface area (Å²) in [6.07, 6.45) is 2.48. The SMILES string of the molecule is COc1ccc(CCC2Cc3nc(S(=O)(=O)O)ccc3CN2)cc1.Cl. The number of hydrogen-bond donors (Lipinski definition) is 2. The maximum atomic E-state index is 11.2. The lowest BCUT2D eigenvalue weighted by Crippen LogP contribution is -2.36. The molecule has 0 radical (unpaired) electrons. The van der Waals surface area contributed by atoms with E-state index < -0.39 is 10.1 Å². The largest absolute Gasteiger partial charge is 0.497 e. The van der Waals surface area contributed by atoms with Crippen molar-refractivity contribution in [2.45, 2.75) is 36.9 Å². The van der Waals surface area contributed by atoms with Crippen LogP contribution in [0.4, 0.5) is 0 Å². The molecule has 2 aromatic rings. The van der Waals surface area contributed by atoms with Crippen molar-refractivity contribution in [1.29, 1.82) is 0 Å². The van der Waals surface area contributed by atoms with E-state index in [4.69, 9.17) is 9.29 Å². The highest BCUT2D eigenvalue weighted by Crippen LogP contribution is 2.20. The molecule has 2 heterocycles. The fourth-order valence-electron chi connectivity index (χ4n) is 2.89. The number of halogens is 1. The molecular formula is C17H21ClN2O4S. The van der Waals surface area contributed by atoms with Gasteiger partial charge >= 0.3 is 10.1 Å². The van der Waals surface area contributed by atoms with Gasteiger partial charge in [0.05, 0.1) is 7.11 Å². The number of nitrogens with zero attached hydrogens (tertiary/aromatic N) is 1. The summed E-state index contributed by atoms with van der Waals surface area (Å²) in [5.41, 5.74) is 2.94. The van der Waals surface area contributed by atoms with E-state index in [1.807, 2.05) is 24.3 Å². The van der Waals surface area contributed by atoms with E-state index in [1.165, 1.54) is 11.6 Å². The van der Waals surface area contributed by atoms with E-state index >= 15 is 0 Å². The van der Waals surface area contributed by atoms with Crippen LogP contribution >= 0.6 is 12.4 Å². The minimum atomic E-state index is -4.26. The van der Waals surface area contributed by atoms with Gasteiger partial charge in [0.2, 0.25) is 0 Å². The maximum Gasteiger partial charge on any atom is 0.312 e. The van der Waals surface area contributed by atoms with Crippen molar-refractivity contribution in [3.8, 4) is 5.75 Å². The van der Waals surface area contributed by atoms with Crippen molar-refractivity contribution < 1.29 is 17.7 Å². The summed E-state index contributed by atoms with van der Waals surface area (Å²) in [5.74, 6) is 0.838. The average molecular weight is 385 g/mol. The summed E-state index contributed by atoms with van der Waals surface area (Å²) in [5, 5.41) is 3.17. The van der Waals surface area contributed by atoms with Gasteiger partial charge in [-0.1, -0.05) is 18.2 Å². The van der Waals surface area contributed by atoms with Crippen molar-refractivity contribution in [3.63, 3.8) is 0 Å². The molecule has 1 aliphatic heterocycles. The molecule has 0 aliphatic carbocycles. The highest BCUT2D eigenvalue weighted by Gasteiger charge is 2.21. The smallest absolute Gasteiger partial charge is 0.312 e. The van der Waals surface area contributed by atoms with Crippen molar-refractivity contribution in [1.82, 2.24) is 10.3 Å². The molecule has 1 aliphatic rings. The maximum absolute atomic E-state index is 11.2. The third-order valence-electron chi connectivity index (χ3n) is 4.27. The van der Waals surface area contributed by atoms with Gasteiger partial charge in [0.1, 0.15) is 5.75 Å². The molecule has 1 unspecified atom stereocenters. The zero-order chi connectivity index (χ0) is 17.2. The van der Waals surface area contributed by atoms with Crippen LogP contribution in [-0.4, -0.2) is 31.1 Å². The first-order valence-corrected chi connectivity index (χ1v) is 9.22. The van der Waals surface area contributed by atoms with Gasteiger partial charge in [0.15, 0.2) is 5.03 Å². The highest BCUT2D eigenvalue weighted by molar-refractivity contribution is 7.85. The van der Waals surface area contributed by atoms with Crippen molar-refractivity contribution in [3.05, 3.63) is 53.2 Å². The molecule has 0 fully saturated rings. The van der Waals surface area contributed by atoms with E-state index in [-0.39, 0.29) is 23.5 Å². The van der Waals surface area contributed by atoms with Crippen LogP contribution < -0.4 is 10.1 Å². The summed E-state index contributed by atoms with van der Waals surface area (Å²) in [6, 6.07) is 11.3. The molecule has 25 heavy (non-hydrogen) atoms. The molecular weight excluding hydrogens is 364 g/mol. The summed E-state index contributed by atoms with van der Waals surface area (Å²) in [6.45, 7) is 0.654. The molecule has 0 saturated carbocycles. The normalized spacial score (nSPS) is 16.6. The van der Waals surface area contributed by atoms with E-state index in [2.05, 4.69) is 10.3 Å². The Balaban J connectivity index is 0.00000225. The number of hydrogen-bond acceptors (Lipinski definition) is 5. The number of aryl methyl sites for hydroxylation is 1. The zero-order valence-corrected chi connectivity index (χ0v) is 15.4. The van der Waals surface area contributed by atoms with E-state index in [0.717, 1.165) is 29.8 Å².